The highest BCUT2D eigenvalue weighted by Gasteiger charge is 2.31. The van der Waals surface area contributed by atoms with E-state index in [1.165, 1.54) is 0 Å². The van der Waals surface area contributed by atoms with Gasteiger partial charge in [0.15, 0.2) is 0 Å². The Hall–Kier alpha value is -1.55. The van der Waals surface area contributed by atoms with Crippen molar-refractivity contribution < 1.29 is 14.7 Å². The SMILES string of the molecule is Cc1cc(Cl)c(C(=O)N[C@H]2CCCCC[C@H]2C(=O)O)cc1C. The zero-order chi connectivity index (χ0) is 16.3. The molecule has 1 aliphatic rings. The van der Waals surface area contributed by atoms with Crippen LogP contribution in [0.25, 0.3) is 0 Å². The minimum atomic E-state index is -0.835. The van der Waals surface area contributed by atoms with Crippen LogP contribution in [0.2, 0.25) is 5.02 Å². The second-order valence-corrected chi connectivity index (χ2v) is 6.49. The van der Waals surface area contributed by atoms with E-state index in [2.05, 4.69) is 5.32 Å². The number of rotatable bonds is 3. The summed E-state index contributed by atoms with van der Waals surface area (Å²) < 4.78 is 0. The Morgan fingerprint density at radius 2 is 1.77 bits per heavy atom. The molecule has 0 unspecified atom stereocenters. The van der Waals surface area contributed by atoms with Gasteiger partial charge in [-0.3, -0.25) is 9.59 Å². The Morgan fingerprint density at radius 1 is 1.14 bits per heavy atom. The van der Waals surface area contributed by atoms with E-state index in [1.54, 1.807) is 12.1 Å². The molecule has 0 aliphatic heterocycles. The van der Waals surface area contributed by atoms with Gasteiger partial charge >= 0.3 is 5.97 Å². The summed E-state index contributed by atoms with van der Waals surface area (Å²) >= 11 is 6.17. The first-order chi connectivity index (χ1) is 10.4. The van der Waals surface area contributed by atoms with Crippen LogP contribution in [0.4, 0.5) is 0 Å². The Bertz CT molecular complexity index is 586. The fourth-order valence-corrected chi connectivity index (χ4v) is 3.28. The van der Waals surface area contributed by atoms with Crippen LogP contribution in [0, 0.1) is 19.8 Å². The summed E-state index contributed by atoms with van der Waals surface area (Å²) in [6.07, 6.45) is 4.16. The highest BCUT2D eigenvalue weighted by Crippen LogP contribution is 2.26. The molecule has 2 atom stereocenters. The molecule has 1 aliphatic carbocycles. The third kappa shape index (κ3) is 3.80. The third-order valence-corrected chi connectivity index (χ3v) is 4.79. The van der Waals surface area contributed by atoms with Crippen LogP contribution in [-0.2, 0) is 4.79 Å². The summed E-state index contributed by atoms with van der Waals surface area (Å²) in [7, 11) is 0. The summed E-state index contributed by atoms with van der Waals surface area (Å²) in [4.78, 5) is 23.9. The van der Waals surface area contributed by atoms with Crippen LogP contribution in [-0.4, -0.2) is 23.0 Å². The summed E-state index contributed by atoms with van der Waals surface area (Å²) in [5, 5.41) is 12.7. The van der Waals surface area contributed by atoms with E-state index in [1.807, 2.05) is 13.8 Å². The van der Waals surface area contributed by atoms with Crippen LogP contribution >= 0.6 is 11.6 Å². The van der Waals surface area contributed by atoms with Gasteiger partial charge in [0.2, 0.25) is 0 Å². The zero-order valence-corrected chi connectivity index (χ0v) is 13.7. The first-order valence-corrected chi connectivity index (χ1v) is 8.08. The second-order valence-electron chi connectivity index (χ2n) is 6.08. The van der Waals surface area contributed by atoms with E-state index in [9.17, 15) is 14.7 Å². The number of carboxylic acid groups (broad SMARTS) is 1. The molecule has 0 bridgehead atoms. The van der Waals surface area contributed by atoms with Gasteiger partial charge in [0, 0.05) is 6.04 Å². The number of aryl methyl sites for hydroxylation is 2. The summed E-state index contributed by atoms with van der Waals surface area (Å²) in [6.45, 7) is 3.86. The van der Waals surface area contributed by atoms with Gasteiger partial charge in [-0.15, -0.1) is 0 Å². The summed E-state index contributed by atoms with van der Waals surface area (Å²) in [5.74, 6) is -1.64. The van der Waals surface area contributed by atoms with Crippen molar-refractivity contribution in [2.24, 2.45) is 5.92 Å². The number of carbonyl (C=O) groups is 2. The lowest BCUT2D eigenvalue weighted by Gasteiger charge is -2.23. The van der Waals surface area contributed by atoms with Gasteiger partial charge in [-0.1, -0.05) is 30.9 Å². The lowest BCUT2D eigenvalue weighted by atomic mass is 9.94. The zero-order valence-electron chi connectivity index (χ0n) is 13.0. The van der Waals surface area contributed by atoms with Crippen LogP contribution in [0.3, 0.4) is 0 Å². The molecule has 2 N–H and O–H groups in total. The lowest BCUT2D eigenvalue weighted by Crippen LogP contribution is -2.43. The van der Waals surface area contributed by atoms with Gasteiger partial charge in [-0.25, -0.2) is 0 Å². The average molecular weight is 324 g/mol. The van der Waals surface area contributed by atoms with Crippen LogP contribution in [0.1, 0.15) is 53.6 Å². The number of carboxylic acids is 1. The second kappa shape index (κ2) is 7.14. The van der Waals surface area contributed by atoms with Gasteiger partial charge in [0.05, 0.1) is 16.5 Å². The topological polar surface area (TPSA) is 66.4 Å². The van der Waals surface area contributed by atoms with E-state index in [0.717, 1.165) is 30.4 Å². The minimum Gasteiger partial charge on any atom is -0.481 e. The Morgan fingerprint density at radius 3 is 2.45 bits per heavy atom. The molecule has 0 radical (unpaired) electrons. The molecule has 4 nitrogen and oxygen atoms in total. The average Bonchev–Trinajstić information content (AvgIpc) is 2.68. The van der Waals surface area contributed by atoms with Crippen molar-refractivity contribution in [3.63, 3.8) is 0 Å². The van der Waals surface area contributed by atoms with Crippen molar-refractivity contribution in [3.8, 4) is 0 Å². The Kier molecular flexibility index (Phi) is 5.46. The predicted molar refractivity (Wildman–Crippen MR) is 86.4 cm³/mol. The normalized spacial score (nSPS) is 22.0. The monoisotopic (exact) mass is 323 g/mol. The molecule has 0 spiro atoms. The van der Waals surface area contributed by atoms with E-state index in [0.29, 0.717) is 23.4 Å². The van der Waals surface area contributed by atoms with Gasteiger partial charge in [0.25, 0.3) is 5.91 Å². The number of hydrogen-bond acceptors (Lipinski definition) is 2. The largest absolute Gasteiger partial charge is 0.481 e. The van der Waals surface area contributed by atoms with E-state index < -0.39 is 11.9 Å². The molecule has 1 saturated carbocycles. The van der Waals surface area contributed by atoms with Gasteiger partial charge < -0.3 is 10.4 Å². The molecule has 0 heterocycles. The van der Waals surface area contributed by atoms with Crippen molar-refractivity contribution in [2.75, 3.05) is 0 Å². The Balaban J connectivity index is 2.19. The van der Waals surface area contributed by atoms with Crippen molar-refractivity contribution in [3.05, 3.63) is 33.8 Å². The number of amides is 1. The number of nitrogens with one attached hydrogen (secondary N) is 1. The first kappa shape index (κ1) is 16.8. The number of halogens is 1. The maximum Gasteiger partial charge on any atom is 0.308 e. The first-order valence-electron chi connectivity index (χ1n) is 7.70. The van der Waals surface area contributed by atoms with Gasteiger partial charge in [-0.05, 0) is 49.9 Å². The number of hydrogen-bond donors (Lipinski definition) is 2. The van der Waals surface area contributed by atoms with Crippen molar-refractivity contribution in [1.29, 1.82) is 0 Å². The quantitative estimate of drug-likeness (QED) is 0.833. The lowest BCUT2D eigenvalue weighted by molar-refractivity contribution is -0.142. The maximum atomic E-state index is 12.5. The van der Waals surface area contributed by atoms with Gasteiger partial charge in [-0.2, -0.15) is 0 Å². The third-order valence-electron chi connectivity index (χ3n) is 4.48. The highest BCUT2D eigenvalue weighted by molar-refractivity contribution is 6.34. The standard InChI is InChI=1S/C17H22ClNO3/c1-10-8-13(14(18)9-11(10)2)16(20)19-15-7-5-3-4-6-12(15)17(21)22/h8-9,12,15H,3-7H2,1-2H3,(H,19,20)(H,21,22)/t12-,15+/m1/s1. The van der Waals surface area contributed by atoms with Crippen molar-refractivity contribution in [1.82, 2.24) is 5.32 Å². The van der Waals surface area contributed by atoms with Gasteiger partial charge in [0.1, 0.15) is 0 Å². The molecule has 2 rings (SSSR count). The minimum absolute atomic E-state index is 0.286. The fraction of sp³-hybridized carbons (Fsp3) is 0.529. The van der Waals surface area contributed by atoms with Crippen LogP contribution < -0.4 is 5.32 Å². The van der Waals surface area contributed by atoms with E-state index >= 15 is 0 Å². The maximum absolute atomic E-state index is 12.5. The molecular formula is C17H22ClNO3. The number of aliphatic carboxylic acids is 1. The predicted octanol–water partition coefficient (Wildman–Crippen LogP) is 3.72. The molecule has 5 heteroatoms. The number of carbonyl (C=O) groups excluding carboxylic acids is 1. The molecule has 120 valence electrons. The molecule has 0 saturated heterocycles. The van der Waals surface area contributed by atoms with E-state index in [-0.39, 0.29) is 11.9 Å². The highest BCUT2D eigenvalue weighted by atomic mass is 35.5. The number of benzene rings is 1. The molecule has 1 aromatic carbocycles. The molecule has 1 fully saturated rings. The smallest absolute Gasteiger partial charge is 0.308 e. The summed E-state index contributed by atoms with van der Waals surface area (Å²) in [5.41, 5.74) is 2.43. The van der Waals surface area contributed by atoms with Crippen LogP contribution in [0.5, 0.6) is 0 Å². The van der Waals surface area contributed by atoms with Crippen LogP contribution in [0.15, 0.2) is 12.1 Å². The molecule has 1 amide bonds. The fourth-order valence-electron chi connectivity index (χ4n) is 2.98. The molecule has 1 aromatic rings. The van der Waals surface area contributed by atoms with E-state index in [4.69, 9.17) is 11.6 Å². The summed E-state index contributed by atoms with van der Waals surface area (Å²) in [6, 6.07) is 3.21. The Labute approximate surface area is 135 Å². The van der Waals surface area contributed by atoms with Crippen molar-refractivity contribution >= 4 is 23.5 Å². The molecule has 0 aromatic heterocycles. The van der Waals surface area contributed by atoms with Crippen molar-refractivity contribution in [2.45, 2.75) is 52.0 Å². The molecular weight excluding hydrogens is 302 g/mol. The molecule has 22 heavy (non-hydrogen) atoms.